The van der Waals surface area contributed by atoms with E-state index in [4.69, 9.17) is 21.1 Å². The molecule has 0 aliphatic rings. The molecule has 0 saturated heterocycles. The zero-order valence-corrected chi connectivity index (χ0v) is 26.4. The van der Waals surface area contributed by atoms with Crippen molar-refractivity contribution in [3.63, 3.8) is 0 Å². The molecule has 0 fully saturated rings. The van der Waals surface area contributed by atoms with Gasteiger partial charge in [0.1, 0.15) is 24.8 Å². The maximum Gasteiger partial charge on any atom is 0.408 e. The molecule has 40 heavy (non-hydrogen) atoms. The summed E-state index contributed by atoms with van der Waals surface area (Å²) in [6.07, 6.45) is -1.66. The molecule has 4 amide bonds. The standard InChI is InChI=1S/C28H36ClIN4O6/c1-27(2,3)33-23(35)16-34(22-14-19(29)12-13-20(22)30)24(36)21(15-31-25(37)40-28(4,5)6)32-26(38)39-17-18-10-8-7-9-11-18/h7-14,21H,15-17H2,1-6H3,(H,31,37)(H,32,38)(H,33,35)/t21-/m0/s1. The lowest BCUT2D eigenvalue weighted by molar-refractivity contribution is -0.125. The Labute approximate surface area is 253 Å². The highest BCUT2D eigenvalue weighted by Crippen LogP contribution is 2.27. The van der Waals surface area contributed by atoms with Crippen molar-refractivity contribution in [3.8, 4) is 0 Å². The number of hydrogen-bond donors (Lipinski definition) is 3. The molecule has 0 aliphatic heterocycles. The molecule has 0 spiro atoms. The van der Waals surface area contributed by atoms with Gasteiger partial charge in [0.15, 0.2) is 0 Å². The van der Waals surface area contributed by atoms with Gasteiger partial charge in [-0.2, -0.15) is 0 Å². The number of amides is 4. The molecule has 0 radical (unpaired) electrons. The average Bonchev–Trinajstić information content (AvgIpc) is 2.83. The Hall–Kier alpha value is -3.06. The summed E-state index contributed by atoms with van der Waals surface area (Å²) < 4.78 is 11.2. The van der Waals surface area contributed by atoms with E-state index in [1.54, 1.807) is 63.2 Å². The van der Waals surface area contributed by atoms with Crippen molar-refractivity contribution in [2.75, 3.05) is 18.0 Å². The largest absolute Gasteiger partial charge is 0.445 e. The number of hydrogen-bond acceptors (Lipinski definition) is 6. The van der Waals surface area contributed by atoms with E-state index in [1.807, 2.05) is 49.4 Å². The van der Waals surface area contributed by atoms with Crippen LogP contribution in [-0.4, -0.2) is 54.3 Å². The molecule has 2 aromatic rings. The van der Waals surface area contributed by atoms with Gasteiger partial charge < -0.3 is 30.3 Å². The summed E-state index contributed by atoms with van der Waals surface area (Å²) >= 11 is 8.26. The van der Waals surface area contributed by atoms with E-state index in [0.717, 1.165) is 5.56 Å². The van der Waals surface area contributed by atoms with Gasteiger partial charge in [-0.1, -0.05) is 41.9 Å². The molecular weight excluding hydrogens is 651 g/mol. The zero-order valence-electron chi connectivity index (χ0n) is 23.5. The van der Waals surface area contributed by atoms with Crippen LogP contribution in [0.15, 0.2) is 48.5 Å². The molecule has 3 N–H and O–H groups in total. The monoisotopic (exact) mass is 686 g/mol. The molecule has 218 valence electrons. The predicted octanol–water partition coefficient (Wildman–Crippen LogP) is 5.01. The SMILES string of the molecule is CC(C)(C)NC(=O)CN(C(=O)[C@H](CNC(=O)OC(C)(C)C)NC(=O)OCc1ccccc1)c1cc(Cl)ccc1I. The summed E-state index contributed by atoms with van der Waals surface area (Å²) in [4.78, 5) is 53.2. The minimum absolute atomic E-state index is 0.0308. The highest BCUT2D eigenvalue weighted by molar-refractivity contribution is 14.1. The number of benzene rings is 2. The van der Waals surface area contributed by atoms with Crippen LogP contribution in [0.1, 0.15) is 47.1 Å². The number of anilines is 1. The molecule has 1 atom stereocenters. The molecule has 0 heterocycles. The molecular formula is C28H36ClIN4O6. The lowest BCUT2D eigenvalue weighted by Gasteiger charge is -2.30. The molecule has 2 aromatic carbocycles. The van der Waals surface area contributed by atoms with Crippen LogP contribution in [0.25, 0.3) is 0 Å². The first kappa shape index (κ1) is 33.1. The third kappa shape index (κ3) is 12.0. The first-order valence-electron chi connectivity index (χ1n) is 12.6. The van der Waals surface area contributed by atoms with Crippen molar-refractivity contribution in [1.29, 1.82) is 0 Å². The van der Waals surface area contributed by atoms with E-state index in [0.29, 0.717) is 14.3 Å². The molecule has 0 saturated carbocycles. The Morgan fingerprint density at radius 1 is 0.975 bits per heavy atom. The number of alkyl carbamates (subject to hydrolysis) is 2. The molecule has 0 aliphatic carbocycles. The van der Waals surface area contributed by atoms with Crippen LogP contribution >= 0.6 is 34.2 Å². The fraction of sp³-hybridized carbons (Fsp3) is 0.429. The van der Waals surface area contributed by atoms with Gasteiger partial charge in [0, 0.05) is 14.1 Å². The van der Waals surface area contributed by atoms with Crippen LogP contribution in [-0.2, 0) is 25.7 Å². The smallest absolute Gasteiger partial charge is 0.408 e. The summed E-state index contributed by atoms with van der Waals surface area (Å²) in [5.74, 6) is -1.10. The molecule has 2 rings (SSSR count). The third-order valence-electron chi connectivity index (χ3n) is 4.93. The van der Waals surface area contributed by atoms with Crippen LogP contribution in [0.4, 0.5) is 15.3 Å². The molecule has 10 nitrogen and oxygen atoms in total. The van der Waals surface area contributed by atoms with Crippen LogP contribution in [0.2, 0.25) is 5.02 Å². The fourth-order valence-corrected chi connectivity index (χ4v) is 4.16. The minimum atomic E-state index is -1.31. The van der Waals surface area contributed by atoms with Gasteiger partial charge in [0.2, 0.25) is 5.91 Å². The van der Waals surface area contributed by atoms with Crippen LogP contribution < -0.4 is 20.9 Å². The highest BCUT2D eigenvalue weighted by Gasteiger charge is 2.32. The summed E-state index contributed by atoms with van der Waals surface area (Å²) in [6, 6.07) is 12.6. The summed E-state index contributed by atoms with van der Waals surface area (Å²) in [5, 5.41) is 8.22. The molecule has 0 aromatic heterocycles. The van der Waals surface area contributed by atoms with Crippen molar-refractivity contribution in [2.45, 2.75) is 65.3 Å². The number of carbonyl (C=O) groups excluding carboxylic acids is 4. The maximum absolute atomic E-state index is 14.0. The first-order chi connectivity index (χ1) is 18.5. The second-order valence-corrected chi connectivity index (χ2v) is 12.6. The second-order valence-electron chi connectivity index (χ2n) is 11.0. The number of nitrogens with zero attached hydrogens (tertiary/aromatic N) is 1. The van der Waals surface area contributed by atoms with Crippen LogP contribution in [0.5, 0.6) is 0 Å². The zero-order chi connectivity index (χ0) is 30.1. The van der Waals surface area contributed by atoms with Crippen molar-refractivity contribution in [1.82, 2.24) is 16.0 Å². The molecule has 0 bridgehead atoms. The maximum atomic E-state index is 14.0. The van der Waals surface area contributed by atoms with Crippen LogP contribution in [0.3, 0.4) is 0 Å². The van der Waals surface area contributed by atoms with E-state index in [-0.39, 0.29) is 19.7 Å². The van der Waals surface area contributed by atoms with Gasteiger partial charge in [-0.25, -0.2) is 9.59 Å². The highest BCUT2D eigenvalue weighted by atomic mass is 127. The molecule has 12 heteroatoms. The minimum Gasteiger partial charge on any atom is -0.445 e. The second kappa shape index (κ2) is 14.5. The summed E-state index contributed by atoms with van der Waals surface area (Å²) in [5.41, 5.74) is -0.213. The quantitative estimate of drug-likeness (QED) is 0.319. The lowest BCUT2D eigenvalue weighted by atomic mass is 10.1. The Morgan fingerprint density at radius 3 is 2.23 bits per heavy atom. The van der Waals surface area contributed by atoms with Gasteiger partial charge >= 0.3 is 12.2 Å². The van der Waals surface area contributed by atoms with Gasteiger partial charge in [0.05, 0.1) is 12.2 Å². The third-order valence-corrected chi connectivity index (χ3v) is 6.08. The van der Waals surface area contributed by atoms with Gasteiger partial charge in [-0.15, -0.1) is 0 Å². The van der Waals surface area contributed by atoms with Gasteiger partial charge in [-0.05, 0) is 87.9 Å². The van der Waals surface area contributed by atoms with Crippen molar-refractivity contribution < 1.29 is 28.7 Å². The Kier molecular flexibility index (Phi) is 12.0. The van der Waals surface area contributed by atoms with Crippen molar-refractivity contribution >= 4 is 63.9 Å². The first-order valence-corrected chi connectivity index (χ1v) is 14.0. The lowest BCUT2D eigenvalue weighted by Crippen LogP contribution is -2.56. The topological polar surface area (TPSA) is 126 Å². The van der Waals surface area contributed by atoms with E-state index >= 15 is 0 Å². The predicted molar refractivity (Wildman–Crippen MR) is 162 cm³/mol. The van der Waals surface area contributed by atoms with E-state index in [9.17, 15) is 19.2 Å². The van der Waals surface area contributed by atoms with Gasteiger partial charge in [0.25, 0.3) is 5.91 Å². The van der Waals surface area contributed by atoms with Crippen molar-refractivity contribution in [2.24, 2.45) is 0 Å². The van der Waals surface area contributed by atoms with Gasteiger partial charge in [-0.3, -0.25) is 9.59 Å². The normalized spacial score (nSPS) is 12.1. The number of ether oxygens (including phenoxy) is 2. The Morgan fingerprint density at radius 2 is 1.62 bits per heavy atom. The summed E-state index contributed by atoms with van der Waals surface area (Å²) in [6.45, 7) is 9.82. The van der Waals surface area contributed by atoms with E-state index in [2.05, 4.69) is 16.0 Å². The molecule has 0 unspecified atom stereocenters. The fourth-order valence-electron chi connectivity index (χ4n) is 3.37. The van der Waals surface area contributed by atoms with Crippen LogP contribution in [0, 0.1) is 3.57 Å². The average molecular weight is 687 g/mol. The Balaban J connectivity index is 2.35. The van der Waals surface area contributed by atoms with E-state index in [1.165, 1.54) is 4.90 Å². The van der Waals surface area contributed by atoms with Crippen molar-refractivity contribution in [3.05, 3.63) is 62.7 Å². The number of carbonyl (C=O) groups is 4. The van der Waals surface area contributed by atoms with E-state index < -0.39 is 41.2 Å². The number of rotatable bonds is 9. The number of nitrogens with one attached hydrogen (secondary N) is 3. The number of halogens is 2. The summed E-state index contributed by atoms with van der Waals surface area (Å²) in [7, 11) is 0. The Bertz CT molecular complexity index is 1200.